The number of aliphatic hydroxyl groups is 1. The van der Waals surface area contributed by atoms with E-state index in [2.05, 4.69) is 5.10 Å². The van der Waals surface area contributed by atoms with Crippen molar-refractivity contribution in [2.24, 2.45) is 7.05 Å². The number of aliphatic hydroxyl groups excluding tert-OH is 1. The predicted octanol–water partition coefficient (Wildman–Crippen LogP) is 1.17. The van der Waals surface area contributed by atoms with Crippen LogP contribution in [0.25, 0.3) is 11.5 Å². The summed E-state index contributed by atoms with van der Waals surface area (Å²) in [5.41, 5.74) is 0.780. The minimum atomic E-state index is -0.0766. The maximum atomic E-state index is 8.78. The highest BCUT2D eigenvalue weighted by atomic mass is 16.4. The van der Waals surface area contributed by atoms with E-state index in [1.807, 2.05) is 19.3 Å². The average Bonchev–Trinajstić information content (AvgIpc) is 2.71. The van der Waals surface area contributed by atoms with Crippen LogP contribution in [0.4, 0.5) is 0 Å². The molecule has 0 fully saturated rings. The maximum absolute atomic E-state index is 8.78. The fraction of sp³-hybridized carbons (Fsp3) is 0.222. The zero-order chi connectivity index (χ0) is 9.26. The SMILES string of the molecule is Cn1ccc(-c2ccc(CO)o2)n1. The second-order valence-corrected chi connectivity index (χ2v) is 2.80. The van der Waals surface area contributed by atoms with Gasteiger partial charge in [0.25, 0.3) is 0 Å². The van der Waals surface area contributed by atoms with Gasteiger partial charge in [0, 0.05) is 13.2 Å². The Bertz CT molecular complexity index is 403. The summed E-state index contributed by atoms with van der Waals surface area (Å²) < 4.78 is 7.01. The van der Waals surface area contributed by atoms with Crippen LogP contribution in [0, 0.1) is 0 Å². The van der Waals surface area contributed by atoms with Gasteiger partial charge in [-0.2, -0.15) is 5.10 Å². The van der Waals surface area contributed by atoms with E-state index < -0.39 is 0 Å². The molecule has 0 aromatic carbocycles. The van der Waals surface area contributed by atoms with Crippen molar-refractivity contribution in [2.45, 2.75) is 6.61 Å². The first-order valence-corrected chi connectivity index (χ1v) is 3.99. The molecule has 13 heavy (non-hydrogen) atoms. The summed E-state index contributed by atoms with van der Waals surface area (Å²) in [5.74, 6) is 1.24. The largest absolute Gasteiger partial charge is 0.457 e. The zero-order valence-corrected chi connectivity index (χ0v) is 7.27. The topological polar surface area (TPSA) is 51.2 Å². The Balaban J connectivity index is 2.35. The summed E-state index contributed by atoms with van der Waals surface area (Å²) in [5, 5.41) is 13.0. The third kappa shape index (κ3) is 1.48. The predicted molar refractivity (Wildman–Crippen MR) is 46.8 cm³/mol. The summed E-state index contributed by atoms with van der Waals surface area (Å²) in [6, 6.07) is 5.40. The van der Waals surface area contributed by atoms with Crippen LogP contribution in [0.15, 0.2) is 28.8 Å². The Morgan fingerprint density at radius 2 is 2.31 bits per heavy atom. The van der Waals surface area contributed by atoms with Gasteiger partial charge in [0.15, 0.2) is 5.76 Å². The quantitative estimate of drug-likeness (QED) is 0.751. The maximum Gasteiger partial charge on any atom is 0.154 e. The van der Waals surface area contributed by atoms with Crippen molar-refractivity contribution in [3.05, 3.63) is 30.2 Å². The molecule has 0 aliphatic heterocycles. The minimum absolute atomic E-state index is 0.0766. The lowest BCUT2D eigenvalue weighted by molar-refractivity contribution is 0.248. The Hall–Kier alpha value is -1.55. The molecule has 0 amide bonds. The number of rotatable bonds is 2. The lowest BCUT2D eigenvalue weighted by Gasteiger charge is -1.89. The van der Waals surface area contributed by atoms with Crippen molar-refractivity contribution in [3.8, 4) is 11.5 Å². The van der Waals surface area contributed by atoms with Crippen LogP contribution in [0.3, 0.4) is 0 Å². The first-order chi connectivity index (χ1) is 6.29. The van der Waals surface area contributed by atoms with Crippen LogP contribution in [0.5, 0.6) is 0 Å². The summed E-state index contributed by atoms with van der Waals surface area (Å²) in [6.07, 6.45) is 1.84. The highest BCUT2D eigenvalue weighted by Gasteiger charge is 2.05. The lowest BCUT2D eigenvalue weighted by atomic mass is 10.3. The Morgan fingerprint density at radius 3 is 2.85 bits per heavy atom. The summed E-state index contributed by atoms with van der Waals surface area (Å²) in [6.45, 7) is -0.0766. The fourth-order valence-electron chi connectivity index (χ4n) is 1.15. The second kappa shape index (κ2) is 3.06. The van der Waals surface area contributed by atoms with Gasteiger partial charge < -0.3 is 9.52 Å². The fourth-order valence-corrected chi connectivity index (χ4v) is 1.15. The van der Waals surface area contributed by atoms with E-state index >= 15 is 0 Å². The summed E-state index contributed by atoms with van der Waals surface area (Å²) in [4.78, 5) is 0. The van der Waals surface area contributed by atoms with E-state index in [9.17, 15) is 0 Å². The van der Waals surface area contributed by atoms with Crippen molar-refractivity contribution < 1.29 is 9.52 Å². The van der Waals surface area contributed by atoms with E-state index in [4.69, 9.17) is 9.52 Å². The molecule has 0 atom stereocenters. The van der Waals surface area contributed by atoms with Crippen LogP contribution in [-0.4, -0.2) is 14.9 Å². The molecule has 2 heterocycles. The van der Waals surface area contributed by atoms with Crippen LogP contribution >= 0.6 is 0 Å². The number of nitrogens with zero attached hydrogens (tertiary/aromatic N) is 2. The third-order valence-corrected chi connectivity index (χ3v) is 1.78. The molecule has 0 unspecified atom stereocenters. The molecule has 2 aromatic heterocycles. The van der Waals surface area contributed by atoms with E-state index in [-0.39, 0.29) is 6.61 Å². The van der Waals surface area contributed by atoms with Gasteiger partial charge in [0.2, 0.25) is 0 Å². The normalized spacial score (nSPS) is 10.6. The van der Waals surface area contributed by atoms with Gasteiger partial charge in [-0.1, -0.05) is 0 Å². The monoisotopic (exact) mass is 178 g/mol. The summed E-state index contributed by atoms with van der Waals surface area (Å²) >= 11 is 0. The molecular weight excluding hydrogens is 168 g/mol. The molecule has 0 aliphatic rings. The molecule has 0 saturated carbocycles. The van der Waals surface area contributed by atoms with Gasteiger partial charge in [0.05, 0.1) is 0 Å². The molecule has 1 N–H and O–H groups in total. The zero-order valence-electron chi connectivity index (χ0n) is 7.27. The number of aryl methyl sites for hydroxylation is 1. The standard InChI is InChI=1S/C9H10N2O2/c1-11-5-4-8(10-11)9-3-2-7(6-12)13-9/h2-5,12H,6H2,1H3. The van der Waals surface area contributed by atoms with Gasteiger partial charge in [-0.05, 0) is 18.2 Å². The Labute approximate surface area is 75.4 Å². The Morgan fingerprint density at radius 1 is 1.46 bits per heavy atom. The van der Waals surface area contributed by atoms with Crippen molar-refractivity contribution >= 4 is 0 Å². The highest BCUT2D eigenvalue weighted by molar-refractivity contribution is 5.51. The smallest absolute Gasteiger partial charge is 0.154 e. The molecule has 2 aromatic rings. The highest BCUT2D eigenvalue weighted by Crippen LogP contribution is 2.19. The van der Waals surface area contributed by atoms with E-state index in [0.717, 1.165) is 5.69 Å². The van der Waals surface area contributed by atoms with E-state index in [0.29, 0.717) is 11.5 Å². The molecule has 0 saturated heterocycles. The van der Waals surface area contributed by atoms with Gasteiger partial charge in [-0.3, -0.25) is 4.68 Å². The minimum Gasteiger partial charge on any atom is -0.457 e. The average molecular weight is 178 g/mol. The number of aromatic nitrogens is 2. The molecule has 0 spiro atoms. The van der Waals surface area contributed by atoms with Gasteiger partial charge >= 0.3 is 0 Å². The van der Waals surface area contributed by atoms with Crippen LogP contribution in [-0.2, 0) is 13.7 Å². The van der Waals surface area contributed by atoms with Crippen molar-refractivity contribution in [1.82, 2.24) is 9.78 Å². The molecule has 0 bridgehead atoms. The molecule has 68 valence electrons. The van der Waals surface area contributed by atoms with Crippen LogP contribution < -0.4 is 0 Å². The number of hydrogen-bond acceptors (Lipinski definition) is 3. The van der Waals surface area contributed by atoms with Crippen LogP contribution in [0.2, 0.25) is 0 Å². The molecule has 0 aliphatic carbocycles. The van der Waals surface area contributed by atoms with Crippen molar-refractivity contribution in [3.63, 3.8) is 0 Å². The van der Waals surface area contributed by atoms with Crippen LogP contribution in [0.1, 0.15) is 5.76 Å². The Kier molecular flexibility index (Phi) is 1.90. The molecule has 2 rings (SSSR count). The molecule has 4 nitrogen and oxygen atoms in total. The number of hydrogen-bond donors (Lipinski definition) is 1. The molecule has 4 heteroatoms. The number of furan rings is 1. The molecule has 0 radical (unpaired) electrons. The molecular formula is C9H10N2O2. The first kappa shape index (κ1) is 8.07. The van der Waals surface area contributed by atoms with Gasteiger partial charge in [-0.25, -0.2) is 0 Å². The van der Waals surface area contributed by atoms with E-state index in [1.54, 1.807) is 16.8 Å². The summed E-state index contributed by atoms with van der Waals surface area (Å²) in [7, 11) is 1.85. The second-order valence-electron chi connectivity index (χ2n) is 2.80. The van der Waals surface area contributed by atoms with Crippen molar-refractivity contribution in [1.29, 1.82) is 0 Å². The first-order valence-electron chi connectivity index (χ1n) is 3.99. The van der Waals surface area contributed by atoms with Gasteiger partial charge in [-0.15, -0.1) is 0 Å². The van der Waals surface area contributed by atoms with E-state index in [1.165, 1.54) is 0 Å². The van der Waals surface area contributed by atoms with Gasteiger partial charge in [0.1, 0.15) is 18.1 Å². The lowest BCUT2D eigenvalue weighted by Crippen LogP contribution is -1.86. The third-order valence-electron chi connectivity index (χ3n) is 1.78. The van der Waals surface area contributed by atoms with Crippen molar-refractivity contribution in [2.75, 3.05) is 0 Å².